The molecule has 1 aromatic carbocycles. The fourth-order valence-corrected chi connectivity index (χ4v) is 2.32. The molecule has 21 heavy (non-hydrogen) atoms. The van der Waals surface area contributed by atoms with E-state index in [1.165, 1.54) is 4.90 Å². The number of halogens is 1. The number of carbonyl (C=O) groups excluding carboxylic acids is 2. The Morgan fingerprint density at radius 1 is 1.29 bits per heavy atom. The number of hydrogen-bond acceptors (Lipinski definition) is 3. The molecule has 5 nitrogen and oxygen atoms in total. The molecule has 0 aromatic heterocycles. The van der Waals surface area contributed by atoms with Crippen LogP contribution < -0.4 is 10.6 Å². The van der Waals surface area contributed by atoms with Crippen molar-refractivity contribution in [3.05, 3.63) is 29.8 Å². The van der Waals surface area contributed by atoms with Gasteiger partial charge in [-0.2, -0.15) is 0 Å². The molecule has 2 N–H and O–H groups in total. The zero-order valence-electron chi connectivity index (χ0n) is 12.4. The first-order chi connectivity index (χ1) is 9.56. The molecule has 1 atom stereocenters. The van der Waals surface area contributed by atoms with Crippen LogP contribution in [-0.2, 0) is 4.79 Å². The van der Waals surface area contributed by atoms with Crippen LogP contribution in [0.3, 0.4) is 0 Å². The number of nitrogens with zero attached hydrogens (tertiary/aromatic N) is 1. The molecule has 1 aromatic rings. The summed E-state index contributed by atoms with van der Waals surface area (Å²) in [6, 6.07) is 7.27. The zero-order chi connectivity index (χ0) is 14.5. The summed E-state index contributed by atoms with van der Waals surface area (Å²) in [5.74, 6) is -0.0332. The van der Waals surface area contributed by atoms with E-state index in [0.717, 1.165) is 25.1 Å². The first-order valence-corrected chi connectivity index (χ1v) is 6.91. The maximum absolute atomic E-state index is 11.9. The van der Waals surface area contributed by atoms with Gasteiger partial charge in [-0.1, -0.05) is 0 Å². The molecule has 0 saturated carbocycles. The highest BCUT2D eigenvalue weighted by Gasteiger charge is 2.17. The highest BCUT2D eigenvalue weighted by molar-refractivity contribution is 5.95. The van der Waals surface area contributed by atoms with Crippen LogP contribution in [-0.4, -0.2) is 43.4 Å². The van der Waals surface area contributed by atoms with E-state index in [1.54, 1.807) is 38.4 Å². The topological polar surface area (TPSA) is 61.4 Å². The molecule has 1 aliphatic heterocycles. The van der Waals surface area contributed by atoms with Gasteiger partial charge in [-0.15, -0.1) is 12.4 Å². The molecule has 1 saturated heterocycles. The summed E-state index contributed by atoms with van der Waals surface area (Å²) in [6.07, 6.45) is 2.70. The van der Waals surface area contributed by atoms with Gasteiger partial charge in [0.15, 0.2) is 0 Å². The molecule has 1 heterocycles. The molecule has 2 amide bonds. The quantitative estimate of drug-likeness (QED) is 0.892. The second-order valence-corrected chi connectivity index (χ2v) is 5.32. The third-order valence-corrected chi connectivity index (χ3v) is 3.42. The molecule has 1 unspecified atom stereocenters. The van der Waals surface area contributed by atoms with Crippen molar-refractivity contribution in [3.63, 3.8) is 0 Å². The van der Waals surface area contributed by atoms with E-state index in [1.807, 2.05) is 0 Å². The Bertz CT molecular complexity index is 482. The van der Waals surface area contributed by atoms with E-state index in [2.05, 4.69) is 10.6 Å². The van der Waals surface area contributed by atoms with Crippen LogP contribution >= 0.6 is 12.4 Å². The molecule has 2 rings (SSSR count). The number of hydrogen-bond donors (Lipinski definition) is 2. The lowest BCUT2D eigenvalue weighted by molar-refractivity contribution is -0.116. The summed E-state index contributed by atoms with van der Waals surface area (Å²) in [5.41, 5.74) is 1.34. The maximum atomic E-state index is 11.9. The third-order valence-electron chi connectivity index (χ3n) is 3.42. The van der Waals surface area contributed by atoms with Crippen molar-refractivity contribution in [2.45, 2.75) is 25.3 Å². The van der Waals surface area contributed by atoms with E-state index >= 15 is 0 Å². The third kappa shape index (κ3) is 5.02. The number of nitrogens with one attached hydrogen (secondary N) is 2. The zero-order valence-corrected chi connectivity index (χ0v) is 13.2. The van der Waals surface area contributed by atoms with Crippen molar-refractivity contribution >= 4 is 29.9 Å². The number of benzene rings is 1. The molecule has 0 spiro atoms. The van der Waals surface area contributed by atoms with E-state index in [-0.39, 0.29) is 24.2 Å². The smallest absolute Gasteiger partial charge is 0.253 e. The summed E-state index contributed by atoms with van der Waals surface area (Å²) < 4.78 is 0. The summed E-state index contributed by atoms with van der Waals surface area (Å²) >= 11 is 0. The van der Waals surface area contributed by atoms with Gasteiger partial charge in [0.2, 0.25) is 5.91 Å². The maximum Gasteiger partial charge on any atom is 0.253 e. The number of carbonyl (C=O) groups is 2. The Hall–Kier alpha value is -1.59. The van der Waals surface area contributed by atoms with Crippen molar-refractivity contribution in [3.8, 4) is 0 Å². The van der Waals surface area contributed by atoms with Crippen LogP contribution in [0.2, 0.25) is 0 Å². The minimum absolute atomic E-state index is 0. The van der Waals surface area contributed by atoms with Crippen molar-refractivity contribution in [1.82, 2.24) is 10.2 Å². The monoisotopic (exact) mass is 311 g/mol. The largest absolute Gasteiger partial charge is 0.345 e. The highest BCUT2D eigenvalue weighted by Crippen LogP contribution is 2.13. The minimum atomic E-state index is -0.0435. The van der Waals surface area contributed by atoms with Gasteiger partial charge in [-0.3, -0.25) is 9.59 Å². The summed E-state index contributed by atoms with van der Waals surface area (Å²) in [7, 11) is 3.43. The lowest BCUT2D eigenvalue weighted by Gasteiger charge is -2.12. The first-order valence-electron chi connectivity index (χ1n) is 6.91. The van der Waals surface area contributed by atoms with Gasteiger partial charge in [-0.05, 0) is 43.7 Å². The SMILES string of the molecule is CN(C)C(=O)c1ccc(NC(=O)CC2CCCN2)cc1.Cl. The second kappa shape index (κ2) is 8.00. The normalized spacial score (nSPS) is 17.0. The lowest BCUT2D eigenvalue weighted by atomic mass is 10.1. The van der Waals surface area contributed by atoms with Gasteiger partial charge in [0.1, 0.15) is 0 Å². The predicted octanol–water partition coefficient (Wildman–Crippen LogP) is 1.89. The Balaban J connectivity index is 0.00000220. The number of anilines is 1. The van der Waals surface area contributed by atoms with E-state index in [4.69, 9.17) is 0 Å². The molecule has 6 heteroatoms. The molecular weight excluding hydrogens is 290 g/mol. The van der Waals surface area contributed by atoms with Crippen molar-refractivity contribution < 1.29 is 9.59 Å². The second-order valence-electron chi connectivity index (χ2n) is 5.32. The van der Waals surface area contributed by atoms with E-state index < -0.39 is 0 Å². The summed E-state index contributed by atoms with van der Waals surface area (Å²) in [5, 5.41) is 6.16. The van der Waals surface area contributed by atoms with E-state index in [9.17, 15) is 9.59 Å². The molecule has 0 radical (unpaired) electrons. The number of amides is 2. The number of rotatable bonds is 4. The van der Waals surface area contributed by atoms with Gasteiger partial charge in [-0.25, -0.2) is 0 Å². The standard InChI is InChI=1S/C15H21N3O2.ClH/c1-18(2)15(20)11-5-7-12(8-6-11)17-14(19)10-13-4-3-9-16-13;/h5-8,13,16H,3-4,9-10H2,1-2H3,(H,17,19);1H. The molecule has 1 fully saturated rings. The molecule has 116 valence electrons. The Labute approximate surface area is 131 Å². The van der Waals surface area contributed by atoms with Crippen LogP contribution in [0.1, 0.15) is 29.6 Å². The van der Waals surface area contributed by atoms with Crippen LogP contribution in [0.5, 0.6) is 0 Å². The Morgan fingerprint density at radius 3 is 2.48 bits per heavy atom. The van der Waals surface area contributed by atoms with E-state index in [0.29, 0.717) is 18.0 Å². The highest BCUT2D eigenvalue weighted by atomic mass is 35.5. The van der Waals surface area contributed by atoms with Crippen LogP contribution in [0, 0.1) is 0 Å². The van der Waals surface area contributed by atoms with Crippen LogP contribution in [0.15, 0.2) is 24.3 Å². The Kier molecular flexibility index (Phi) is 6.65. The summed E-state index contributed by atoms with van der Waals surface area (Å²) in [6.45, 7) is 0.999. The van der Waals surface area contributed by atoms with Crippen molar-refractivity contribution in [1.29, 1.82) is 0 Å². The van der Waals surface area contributed by atoms with Gasteiger partial charge in [0.25, 0.3) is 5.91 Å². The molecule has 0 bridgehead atoms. The predicted molar refractivity (Wildman–Crippen MR) is 86.0 cm³/mol. The van der Waals surface area contributed by atoms with Crippen molar-refractivity contribution in [2.24, 2.45) is 0 Å². The molecular formula is C15H22ClN3O2. The average Bonchev–Trinajstić information content (AvgIpc) is 2.91. The molecule has 1 aliphatic rings. The Morgan fingerprint density at radius 2 is 1.95 bits per heavy atom. The fraction of sp³-hybridized carbons (Fsp3) is 0.467. The fourth-order valence-electron chi connectivity index (χ4n) is 2.32. The van der Waals surface area contributed by atoms with Gasteiger partial charge in [0, 0.05) is 37.8 Å². The van der Waals surface area contributed by atoms with Crippen LogP contribution in [0.4, 0.5) is 5.69 Å². The molecule has 0 aliphatic carbocycles. The van der Waals surface area contributed by atoms with Gasteiger partial charge >= 0.3 is 0 Å². The first kappa shape index (κ1) is 17.5. The van der Waals surface area contributed by atoms with Crippen molar-refractivity contribution in [2.75, 3.05) is 26.0 Å². The van der Waals surface area contributed by atoms with Gasteiger partial charge in [0.05, 0.1) is 0 Å². The van der Waals surface area contributed by atoms with Gasteiger partial charge < -0.3 is 15.5 Å². The van der Waals surface area contributed by atoms with Crippen LogP contribution in [0.25, 0.3) is 0 Å². The minimum Gasteiger partial charge on any atom is -0.345 e. The lowest BCUT2D eigenvalue weighted by Crippen LogP contribution is -2.27. The average molecular weight is 312 g/mol. The summed E-state index contributed by atoms with van der Waals surface area (Å²) in [4.78, 5) is 25.1.